The number of halogens is 1. The third kappa shape index (κ3) is 3.66. The molecule has 1 atom stereocenters. The summed E-state index contributed by atoms with van der Waals surface area (Å²) in [4.78, 5) is 25.8. The minimum atomic E-state index is -0.473. The lowest BCUT2D eigenvalue weighted by atomic mass is 10.3. The van der Waals surface area contributed by atoms with E-state index < -0.39 is 6.04 Å². The standard InChI is InChI=1S/C12H16ClN7O/c1-4-19(3)9(21)8(2)15-11-16-10(13)17-12(18-11)20-7-5-6-14-20/h5-8H,4H2,1-3H3,(H,15,16,17,18). The molecule has 2 aromatic heterocycles. The number of hydrogen-bond donors (Lipinski definition) is 1. The average molecular weight is 310 g/mol. The molecule has 1 amide bonds. The fourth-order valence-electron chi connectivity index (χ4n) is 1.64. The summed E-state index contributed by atoms with van der Waals surface area (Å²) < 4.78 is 1.46. The second-order valence-corrected chi connectivity index (χ2v) is 4.74. The number of nitrogens with zero attached hydrogens (tertiary/aromatic N) is 6. The highest BCUT2D eigenvalue weighted by Crippen LogP contribution is 2.10. The molecule has 0 aliphatic heterocycles. The molecule has 0 aliphatic rings. The van der Waals surface area contributed by atoms with Gasteiger partial charge in [0, 0.05) is 26.0 Å². The van der Waals surface area contributed by atoms with E-state index in [0.717, 1.165) is 0 Å². The van der Waals surface area contributed by atoms with Gasteiger partial charge in [0.15, 0.2) is 0 Å². The number of carbonyl (C=O) groups is 1. The molecule has 0 saturated carbocycles. The van der Waals surface area contributed by atoms with Crippen LogP contribution in [0.5, 0.6) is 0 Å². The topological polar surface area (TPSA) is 88.8 Å². The van der Waals surface area contributed by atoms with Crippen molar-refractivity contribution in [2.75, 3.05) is 18.9 Å². The van der Waals surface area contributed by atoms with E-state index in [0.29, 0.717) is 6.54 Å². The van der Waals surface area contributed by atoms with Gasteiger partial charge in [-0.05, 0) is 31.5 Å². The van der Waals surface area contributed by atoms with Crippen LogP contribution in [0.3, 0.4) is 0 Å². The summed E-state index contributed by atoms with van der Waals surface area (Å²) in [6, 6.07) is 1.27. The Hall–Kier alpha value is -2.22. The average Bonchev–Trinajstić information content (AvgIpc) is 2.99. The van der Waals surface area contributed by atoms with E-state index >= 15 is 0 Å². The first-order valence-electron chi connectivity index (χ1n) is 6.44. The molecule has 0 bridgehead atoms. The van der Waals surface area contributed by atoms with E-state index in [1.165, 1.54) is 4.68 Å². The normalized spacial score (nSPS) is 12.0. The zero-order chi connectivity index (χ0) is 15.4. The highest BCUT2D eigenvalue weighted by Gasteiger charge is 2.18. The summed E-state index contributed by atoms with van der Waals surface area (Å²) in [5.74, 6) is 0.450. The van der Waals surface area contributed by atoms with Crippen LogP contribution in [0.15, 0.2) is 18.5 Å². The lowest BCUT2D eigenvalue weighted by molar-refractivity contribution is -0.130. The molecule has 9 heteroatoms. The van der Waals surface area contributed by atoms with Gasteiger partial charge in [-0.2, -0.15) is 20.1 Å². The van der Waals surface area contributed by atoms with Crippen LogP contribution in [0.4, 0.5) is 5.95 Å². The van der Waals surface area contributed by atoms with Crippen LogP contribution < -0.4 is 5.32 Å². The largest absolute Gasteiger partial charge is 0.344 e. The molecule has 0 radical (unpaired) electrons. The molecule has 0 aliphatic carbocycles. The third-order valence-corrected chi connectivity index (χ3v) is 3.04. The molecule has 0 saturated heterocycles. The minimum Gasteiger partial charge on any atom is -0.344 e. The maximum atomic E-state index is 12.0. The van der Waals surface area contributed by atoms with E-state index in [4.69, 9.17) is 11.6 Å². The Labute approximate surface area is 127 Å². The Morgan fingerprint density at radius 1 is 1.48 bits per heavy atom. The Bertz CT molecular complexity index is 616. The van der Waals surface area contributed by atoms with Gasteiger partial charge >= 0.3 is 0 Å². The van der Waals surface area contributed by atoms with Crippen LogP contribution >= 0.6 is 11.6 Å². The maximum absolute atomic E-state index is 12.0. The lowest BCUT2D eigenvalue weighted by Crippen LogP contribution is -2.39. The zero-order valence-corrected chi connectivity index (χ0v) is 12.7. The molecule has 0 spiro atoms. The number of hydrogen-bond acceptors (Lipinski definition) is 6. The predicted octanol–water partition coefficient (Wildman–Crippen LogP) is 0.989. The number of aromatic nitrogens is 5. The molecule has 2 heterocycles. The van der Waals surface area contributed by atoms with Gasteiger partial charge in [-0.1, -0.05) is 0 Å². The van der Waals surface area contributed by atoms with Crippen LogP contribution in [0.2, 0.25) is 5.28 Å². The molecule has 112 valence electrons. The summed E-state index contributed by atoms with van der Waals surface area (Å²) in [6.07, 6.45) is 3.29. The summed E-state index contributed by atoms with van der Waals surface area (Å²) in [5.41, 5.74) is 0. The SMILES string of the molecule is CCN(C)C(=O)C(C)Nc1nc(Cl)nc(-n2cccn2)n1. The van der Waals surface area contributed by atoms with Gasteiger partial charge in [0.25, 0.3) is 5.95 Å². The molecular formula is C12H16ClN7O. The van der Waals surface area contributed by atoms with Crippen LogP contribution in [-0.4, -0.2) is 55.2 Å². The van der Waals surface area contributed by atoms with Crippen molar-refractivity contribution < 1.29 is 4.79 Å². The summed E-state index contributed by atoms with van der Waals surface area (Å²) >= 11 is 5.88. The van der Waals surface area contributed by atoms with Gasteiger partial charge in [-0.25, -0.2) is 4.68 Å². The van der Waals surface area contributed by atoms with Gasteiger partial charge in [-0.3, -0.25) is 4.79 Å². The van der Waals surface area contributed by atoms with Crippen molar-refractivity contribution in [3.05, 3.63) is 23.7 Å². The molecule has 2 aromatic rings. The van der Waals surface area contributed by atoms with Crippen molar-refractivity contribution in [2.24, 2.45) is 0 Å². The number of nitrogens with one attached hydrogen (secondary N) is 1. The number of carbonyl (C=O) groups excluding carboxylic acids is 1. The van der Waals surface area contributed by atoms with Gasteiger partial charge in [0.05, 0.1) is 0 Å². The molecule has 21 heavy (non-hydrogen) atoms. The molecule has 1 unspecified atom stereocenters. The van der Waals surface area contributed by atoms with Gasteiger partial charge in [-0.15, -0.1) is 0 Å². The summed E-state index contributed by atoms with van der Waals surface area (Å²) in [7, 11) is 1.73. The van der Waals surface area contributed by atoms with Gasteiger partial charge < -0.3 is 10.2 Å². The molecular weight excluding hydrogens is 294 g/mol. The van der Waals surface area contributed by atoms with Gasteiger partial charge in [0.2, 0.25) is 17.1 Å². The van der Waals surface area contributed by atoms with Crippen molar-refractivity contribution >= 4 is 23.5 Å². The minimum absolute atomic E-state index is 0.0292. The Balaban J connectivity index is 2.19. The molecule has 8 nitrogen and oxygen atoms in total. The number of likely N-dealkylation sites (N-methyl/N-ethyl adjacent to an activating group) is 1. The van der Waals surface area contributed by atoms with Crippen LogP contribution in [0.1, 0.15) is 13.8 Å². The van der Waals surface area contributed by atoms with E-state index in [9.17, 15) is 4.79 Å². The number of anilines is 1. The fraction of sp³-hybridized carbons (Fsp3) is 0.417. The smallest absolute Gasteiger partial charge is 0.256 e. The van der Waals surface area contributed by atoms with Gasteiger partial charge in [0.1, 0.15) is 6.04 Å². The predicted molar refractivity (Wildman–Crippen MR) is 78.4 cm³/mol. The molecule has 0 fully saturated rings. The lowest BCUT2D eigenvalue weighted by Gasteiger charge is -2.20. The summed E-state index contributed by atoms with van der Waals surface area (Å²) in [6.45, 7) is 4.27. The van der Waals surface area contributed by atoms with Crippen LogP contribution in [0, 0.1) is 0 Å². The molecule has 2 rings (SSSR count). The van der Waals surface area contributed by atoms with Crippen LogP contribution in [-0.2, 0) is 4.79 Å². The Morgan fingerprint density at radius 3 is 2.86 bits per heavy atom. The summed E-state index contributed by atoms with van der Waals surface area (Å²) in [5, 5.41) is 6.98. The fourth-order valence-corrected chi connectivity index (χ4v) is 1.79. The highest BCUT2D eigenvalue weighted by atomic mass is 35.5. The Morgan fingerprint density at radius 2 is 2.24 bits per heavy atom. The molecule has 0 aromatic carbocycles. The van der Waals surface area contributed by atoms with Crippen molar-refractivity contribution in [1.82, 2.24) is 29.6 Å². The maximum Gasteiger partial charge on any atom is 0.256 e. The van der Waals surface area contributed by atoms with Crippen molar-refractivity contribution in [2.45, 2.75) is 19.9 Å². The first-order chi connectivity index (χ1) is 10.0. The van der Waals surface area contributed by atoms with E-state index in [2.05, 4.69) is 25.4 Å². The highest BCUT2D eigenvalue weighted by molar-refractivity contribution is 6.28. The monoisotopic (exact) mass is 309 g/mol. The first kappa shape index (κ1) is 15.2. The first-order valence-corrected chi connectivity index (χ1v) is 6.82. The second kappa shape index (κ2) is 6.49. The van der Waals surface area contributed by atoms with E-state index in [-0.39, 0.29) is 23.1 Å². The Kier molecular flexibility index (Phi) is 4.69. The van der Waals surface area contributed by atoms with Crippen molar-refractivity contribution in [3.63, 3.8) is 0 Å². The number of amides is 1. The van der Waals surface area contributed by atoms with E-state index in [1.807, 2.05) is 6.92 Å². The third-order valence-electron chi connectivity index (χ3n) is 2.87. The number of rotatable bonds is 5. The molecule has 1 N–H and O–H groups in total. The quantitative estimate of drug-likeness (QED) is 0.886. The zero-order valence-electron chi connectivity index (χ0n) is 12.0. The second-order valence-electron chi connectivity index (χ2n) is 4.40. The van der Waals surface area contributed by atoms with E-state index in [1.54, 1.807) is 37.3 Å². The van der Waals surface area contributed by atoms with Crippen molar-refractivity contribution in [1.29, 1.82) is 0 Å². The van der Waals surface area contributed by atoms with Crippen molar-refractivity contribution in [3.8, 4) is 5.95 Å². The van der Waals surface area contributed by atoms with Crippen LogP contribution in [0.25, 0.3) is 5.95 Å².